The lowest BCUT2D eigenvalue weighted by Crippen LogP contribution is -2.31. The Bertz CT molecular complexity index is 1500. The number of rotatable bonds is 6. The van der Waals surface area contributed by atoms with Crippen LogP contribution in [0.1, 0.15) is 24.9 Å². The fourth-order valence-electron chi connectivity index (χ4n) is 4.04. The van der Waals surface area contributed by atoms with Crippen LogP contribution in [0.4, 0.5) is 0 Å². The van der Waals surface area contributed by atoms with Crippen LogP contribution in [0.15, 0.2) is 89.3 Å². The third-order valence-corrected chi connectivity index (χ3v) is 6.68. The first-order valence-corrected chi connectivity index (χ1v) is 11.7. The summed E-state index contributed by atoms with van der Waals surface area (Å²) in [5, 5.41) is 4.74. The van der Waals surface area contributed by atoms with Crippen molar-refractivity contribution in [3.05, 3.63) is 100 Å². The van der Waals surface area contributed by atoms with Crippen LogP contribution >= 0.6 is 11.3 Å². The largest absolute Gasteiger partial charge is 0.459 e. The molecule has 3 aromatic carbocycles. The third kappa shape index (κ3) is 4.05. The van der Waals surface area contributed by atoms with E-state index in [1.54, 1.807) is 0 Å². The number of hydrogen-bond acceptors (Lipinski definition) is 5. The average molecular weight is 455 g/mol. The van der Waals surface area contributed by atoms with Gasteiger partial charge in [-0.25, -0.2) is 9.78 Å². The van der Waals surface area contributed by atoms with Crippen LogP contribution in [-0.2, 0) is 16.1 Å². The second-order valence-corrected chi connectivity index (χ2v) is 8.72. The number of esters is 1. The van der Waals surface area contributed by atoms with Gasteiger partial charge in [-0.05, 0) is 34.4 Å². The van der Waals surface area contributed by atoms with Gasteiger partial charge in [0.15, 0.2) is 0 Å². The lowest BCUT2D eigenvalue weighted by atomic mass is 10.0. The maximum Gasteiger partial charge on any atom is 0.329 e. The Hall–Kier alpha value is -3.77. The predicted molar refractivity (Wildman–Crippen MR) is 132 cm³/mol. The summed E-state index contributed by atoms with van der Waals surface area (Å²) in [7, 11) is 0. The zero-order valence-corrected chi connectivity index (χ0v) is 18.9. The number of aromatic nitrogens is 2. The van der Waals surface area contributed by atoms with Gasteiger partial charge in [-0.3, -0.25) is 9.36 Å². The van der Waals surface area contributed by atoms with E-state index >= 15 is 0 Å². The monoisotopic (exact) mass is 454 g/mol. The molecule has 2 heterocycles. The molecule has 0 saturated heterocycles. The molecular formula is C27H22N2O3S. The van der Waals surface area contributed by atoms with Crippen molar-refractivity contribution in [2.45, 2.75) is 26.0 Å². The molecule has 5 aromatic rings. The Labute approximate surface area is 194 Å². The van der Waals surface area contributed by atoms with Crippen LogP contribution in [-0.4, -0.2) is 15.5 Å². The highest BCUT2D eigenvalue weighted by Gasteiger charge is 2.24. The normalized spacial score (nSPS) is 12.2. The van der Waals surface area contributed by atoms with Crippen molar-refractivity contribution >= 4 is 38.3 Å². The zero-order chi connectivity index (χ0) is 22.8. The molecule has 5 rings (SSSR count). The van der Waals surface area contributed by atoms with Crippen LogP contribution in [0, 0.1) is 0 Å². The lowest BCUT2D eigenvalue weighted by Gasteiger charge is -2.17. The molecule has 164 valence electrons. The van der Waals surface area contributed by atoms with Gasteiger partial charge in [-0.15, -0.1) is 11.3 Å². The second kappa shape index (κ2) is 9.00. The predicted octanol–water partition coefficient (Wildman–Crippen LogP) is 5.97. The molecule has 0 aliphatic rings. The van der Waals surface area contributed by atoms with E-state index in [4.69, 9.17) is 4.74 Å². The Kier molecular flexibility index (Phi) is 5.75. The Morgan fingerprint density at radius 2 is 1.79 bits per heavy atom. The number of carbonyl (C=O) groups excluding carboxylic acids is 1. The van der Waals surface area contributed by atoms with Crippen LogP contribution in [0.3, 0.4) is 0 Å². The summed E-state index contributed by atoms with van der Waals surface area (Å²) in [6.07, 6.45) is 1.89. The minimum absolute atomic E-state index is 0.168. The van der Waals surface area contributed by atoms with Crippen LogP contribution < -0.4 is 5.56 Å². The van der Waals surface area contributed by atoms with Crippen molar-refractivity contribution in [1.82, 2.24) is 9.55 Å². The molecule has 0 amide bonds. The van der Waals surface area contributed by atoms with E-state index < -0.39 is 12.0 Å². The molecule has 1 atom stereocenters. The summed E-state index contributed by atoms with van der Waals surface area (Å²) in [5.41, 5.74) is 2.46. The van der Waals surface area contributed by atoms with Gasteiger partial charge in [0.2, 0.25) is 0 Å². The first-order chi connectivity index (χ1) is 16.2. The molecule has 0 N–H and O–H groups in total. The molecule has 0 aliphatic heterocycles. The topological polar surface area (TPSA) is 61.2 Å². The zero-order valence-electron chi connectivity index (χ0n) is 18.1. The average Bonchev–Trinajstić information content (AvgIpc) is 3.30. The number of benzene rings is 3. The number of fused-ring (bicyclic) bond motifs is 2. The number of hydrogen-bond donors (Lipinski definition) is 0. The standard InChI is InChI=1S/C27H22N2O3S/c1-2-23(27(31)32-15-18-8-4-3-5-9-18)29-17-28-25-24(26(29)30)22(16-33-25)21-13-12-19-10-6-7-11-20(19)14-21/h3-14,16-17,23H,2,15H2,1H3. The molecule has 5 nitrogen and oxygen atoms in total. The van der Waals surface area contributed by atoms with Gasteiger partial charge in [0, 0.05) is 10.9 Å². The smallest absolute Gasteiger partial charge is 0.329 e. The highest BCUT2D eigenvalue weighted by Crippen LogP contribution is 2.33. The Morgan fingerprint density at radius 3 is 2.58 bits per heavy atom. The van der Waals surface area contributed by atoms with E-state index in [0.29, 0.717) is 16.6 Å². The highest BCUT2D eigenvalue weighted by atomic mass is 32.1. The number of nitrogens with zero attached hydrogens (tertiary/aromatic N) is 2. The first-order valence-electron chi connectivity index (χ1n) is 10.8. The summed E-state index contributed by atoms with van der Waals surface area (Å²) in [5.74, 6) is -0.438. The van der Waals surface area contributed by atoms with Gasteiger partial charge in [0.05, 0.1) is 11.7 Å². The van der Waals surface area contributed by atoms with E-state index in [-0.39, 0.29) is 12.2 Å². The molecule has 0 radical (unpaired) electrons. The molecule has 0 bridgehead atoms. The maximum atomic E-state index is 13.5. The Morgan fingerprint density at radius 1 is 1.03 bits per heavy atom. The summed E-state index contributed by atoms with van der Waals surface area (Å²) >= 11 is 1.43. The van der Waals surface area contributed by atoms with E-state index in [0.717, 1.165) is 27.5 Å². The minimum atomic E-state index is -0.734. The molecule has 33 heavy (non-hydrogen) atoms. The van der Waals surface area contributed by atoms with Gasteiger partial charge in [0.1, 0.15) is 17.5 Å². The number of carbonyl (C=O) groups is 1. The van der Waals surface area contributed by atoms with Gasteiger partial charge < -0.3 is 4.74 Å². The van der Waals surface area contributed by atoms with Crippen molar-refractivity contribution in [1.29, 1.82) is 0 Å². The second-order valence-electron chi connectivity index (χ2n) is 7.87. The van der Waals surface area contributed by atoms with E-state index in [1.165, 1.54) is 22.2 Å². The van der Waals surface area contributed by atoms with Gasteiger partial charge in [-0.1, -0.05) is 73.7 Å². The van der Waals surface area contributed by atoms with Crippen LogP contribution in [0.2, 0.25) is 0 Å². The summed E-state index contributed by atoms with van der Waals surface area (Å²) in [6, 6.07) is 23.0. The molecule has 6 heteroatoms. The lowest BCUT2D eigenvalue weighted by molar-refractivity contribution is -0.149. The fourth-order valence-corrected chi connectivity index (χ4v) is 4.95. The van der Waals surface area contributed by atoms with E-state index in [1.807, 2.05) is 60.8 Å². The minimum Gasteiger partial charge on any atom is -0.459 e. The molecule has 0 fully saturated rings. The van der Waals surface area contributed by atoms with E-state index in [9.17, 15) is 9.59 Å². The quantitative estimate of drug-likeness (QED) is 0.297. The molecule has 0 saturated carbocycles. The Balaban J connectivity index is 1.51. The SMILES string of the molecule is CCC(C(=O)OCc1ccccc1)n1cnc2scc(-c3ccc4ccccc4c3)c2c1=O. The van der Waals surface area contributed by atoms with Crippen molar-refractivity contribution in [2.24, 2.45) is 0 Å². The molecule has 2 aromatic heterocycles. The summed E-state index contributed by atoms with van der Waals surface area (Å²) in [4.78, 5) is 31.6. The van der Waals surface area contributed by atoms with E-state index in [2.05, 4.69) is 29.2 Å². The van der Waals surface area contributed by atoms with Crippen molar-refractivity contribution in [2.75, 3.05) is 0 Å². The van der Waals surface area contributed by atoms with Gasteiger partial charge in [0.25, 0.3) is 5.56 Å². The summed E-state index contributed by atoms with van der Waals surface area (Å²) < 4.78 is 6.93. The van der Waals surface area contributed by atoms with Crippen molar-refractivity contribution in [3.63, 3.8) is 0 Å². The molecule has 0 aliphatic carbocycles. The number of ether oxygens (including phenoxy) is 1. The van der Waals surface area contributed by atoms with Crippen LogP contribution in [0.5, 0.6) is 0 Å². The molecular weight excluding hydrogens is 432 g/mol. The van der Waals surface area contributed by atoms with Crippen molar-refractivity contribution in [3.8, 4) is 11.1 Å². The maximum absolute atomic E-state index is 13.5. The van der Waals surface area contributed by atoms with Crippen LogP contribution in [0.25, 0.3) is 32.1 Å². The third-order valence-electron chi connectivity index (χ3n) is 5.80. The fraction of sp³-hybridized carbons (Fsp3) is 0.148. The molecule has 0 spiro atoms. The molecule has 1 unspecified atom stereocenters. The highest BCUT2D eigenvalue weighted by molar-refractivity contribution is 7.17. The van der Waals surface area contributed by atoms with Gasteiger partial charge >= 0.3 is 5.97 Å². The number of thiophene rings is 1. The van der Waals surface area contributed by atoms with Gasteiger partial charge in [-0.2, -0.15) is 0 Å². The van der Waals surface area contributed by atoms with Crippen molar-refractivity contribution < 1.29 is 9.53 Å². The first kappa shape index (κ1) is 21.1. The summed E-state index contributed by atoms with van der Waals surface area (Å²) in [6.45, 7) is 2.03.